The van der Waals surface area contributed by atoms with E-state index in [0.717, 1.165) is 5.56 Å². The van der Waals surface area contributed by atoms with E-state index in [1.54, 1.807) is 44.2 Å². The summed E-state index contributed by atoms with van der Waals surface area (Å²) in [6.45, 7) is 4.61. The lowest BCUT2D eigenvalue weighted by atomic mass is 9.81. The fourth-order valence-electron chi connectivity index (χ4n) is 5.13. The Morgan fingerprint density at radius 1 is 0.891 bits per heavy atom. The Bertz CT molecular complexity index is 1600. The van der Waals surface area contributed by atoms with Crippen LogP contribution in [-0.4, -0.2) is 59.2 Å². The lowest BCUT2D eigenvalue weighted by Gasteiger charge is -2.29. The number of benzene rings is 2. The average Bonchev–Trinajstić information content (AvgIpc) is 3.08. The van der Waals surface area contributed by atoms with Gasteiger partial charge in [-0.2, -0.15) is 0 Å². The number of rotatable bonds is 10. The molecule has 0 bridgehead atoms. The largest absolute Gasteiger partial charge is 0.493 e. The van der Waals surface area contributed by atoms with Crippen LogP contribution in [0.2, 0.25) is 0 Å². The van der Waals surface area contributed by atoms with Crippen molar-refractivity contribution in [2.75, 3.05) is 7.11 Å². The van der Waals surface area contributed by atoms with Gasteiger partial charge < -0.3 is 19.5 Å². The standard InChI is InChI=1S/C35H36N2O9/c1-20(2)35(43)46-32-21(3)29(39)31(41)25(18-26(38)30(40)24(32)17-22-11-7-5-8-12-22)37-34(42)28-33(27(44-4)15-16-36-28)45-19-23-13-9-6-10-14-23/h5-16,20-21,24-25,32H,17-19H2,1-4H3,(H,37,42)/t21-,24+,25+,32-/m1/s1. The Labute approximate surface area is 266 Å². The Morgan fingerprint density at radius 3 is 2.13 bits per heavy atom. The highest BCUT2D eigenvalue weighted by Crippen LogP contribution is 2.31. The third kappa shape index (κ3) is 7.90. The Morgan fingerprint density at radius 2 is 1.52 bits per heavy atom. The molecule has 1 fully saturated rings. The minimum Gasteiger partial charge on any atom is -0.493 e. The van der Waals surface area contributed by atoms with Crippen LogP contribution in [0.1, 0.15) is 48.8 Å². The summed E-state index contributed by atoms with van der Waals surface area (Å²) in [5, 5.41) is 2.42. The molecule has 1 heterocycles. The molecule has 1 amide bonds. The van der Waals surface area contributed by atoms with E-state index >= 15 is 0 Å². The molecular formula is C35H36N2O9. The molecule has 3 aromatic rings. The SMILES string of the molecule is COc1ccnc(C(=O)N[C@H]2CC(=O)C(=O)[C@H](Cc3ccccc3)[C@H](OC(=O)C(C)C)[C@H](C)C(=O)C2=O)c1OCc1ccccc1. The molecule has 1 N–H and O–H groups in total. The fourth-order valence-corrected chi connectivity index (χ4v) is 5.13. The lowest BCUT2D eigenvalue weighted by Crippen LogP contribution is -2.48. The first-order chi connectivity index (χ1) is 22.0. The fraction of sp³-hybridized carbons (Fsp3) is 0.343. The second-order valence-electron chi connectivity index (χ2n) is 11.4. The maximum Gasteiger partial charge on any atom is 0.308 e. The Kier molecular flexibility index (Phi) is 11.1. The third-order valence-corrected chi connectivity index (χ3v) is 7.72. The molecule has 0 unspecified atom stereocenters. The number of carbonyl (C=O) groups is 6. The molecule has 1 saturated carbocycles. The molecule has 240 valence electrons. The van der Waals surface area contributed by atoms with E-state index in [-0.39, 0.29) is 30.2 Å². The van der Waals surface area contributed by atoms with Crippen molar-refractivity contribution in [3.63, 3.8) is 0 Å². The van der Waals surface area contributed by atoms with Crippen molar-refractivity contribution in [3.05, 3.63) is 89.7 Å². The van der Waals surface area contributed by atoms with Crippen molar-refractivity contribution in [2.24, 2.45) is 17.8 Å². The second kappa shape index (κ2) is 15.2. The highest BCUT2D eigenvalue weighted by atomic mass is 16.5. The lowest BCUT2D eigenvalue weighted by molar-refractivity contribution is -0.163. The first-order valence-electron chi connectivity index (χ1n) is 14.9. The molecule has 2 aromatic carbocycles. The van der Waals surface area contributed by atoms with Gasteiger partial charge >= 0.3 is 5.97 Å². The summed E-state index contributed by atoms with van der Waals surface area (Å²) in [4.78, 5) is 84.7. The van der Waals surface area contributed by atoms with Crippen LogP contribution in [0.15, 0.2) is 72.9 Å². The number of hydrogen-bond donors (Lipinski definition) is 1. The van der Waals surface area contributed by atoms with E-state index in [0.29, 0.717) is 5.56 Å². The summed E-state index contributed by atoms with van der Waals surface area (Å²) in [5.41, 5.74) is 1.21. The molecule has 4 atom stereocenters. The molecule has 0 radical (unpaired) electrons. The third-order valence-electron chi connectivity index (χ3n) is 7.72. The number of nitrogens with zero attached hydrogens (tertiary/aromatic N) is 1. The number of Topliss-reactive ketones (excluding diaryl/α,β-unsaturated/α-hetero) is 4. The molecule has 4 rings (SSSR count). The van der Waals surface area contributed by atoms with Gasteiger partial charge in [0, 0.05) is 18.7 Å². The summed E-state index contributed by atoms with van der Waals surface area (Å²) >= 11 is 0. The number of carbonyl (C=O) groups excluding carboxylic acids is 6. The summed E-state index contributed by atoms with van der Waals surface area (Å²) in [6.07, 6.45) is -0.879. The normalized spacial score (nSPS) is 20.4. The predicted octanol–water partition coefficient (Wildman–Crippen LogP) is 3.51. The van der Waals surface area contributed by atoms with E-state index in [4.69, 9.17) is 14.2 Å². The smallest absolute Gasteiger partial charge is 0.308 e. The number of esters is 1. The van der Waals surface area contributed by atoms with Crippen LogP contribution >= 0.6 is 0 Å². The molecular weight excluding hydrogens is 592 g/mol. The number of hydrogen-bond acceptors (Lipinski definition) is 10. The minimum atomic E-state index is -1.69. The van der Waals surface area contributed by atoms with Crippen LogP contribution in [0.5, 0.6) is 11.5 Å². The molecule has 11 nitrogen and oxygen atoms in total. The topological polar surface area (TPSA) is 155 Å². The van der Waals surface area contributed by atoms with Crippen LogP contribution in [0.25, 0.3) is 0 Å². The van der Waals surface area contributed by atoms with Crippen LogP contribution in [0.3, 0.4) is 0 Å². The van der Waals surface area contributed by atoms with Gasteiger partial charge in [-0.05, 0) is 17.5 Å². The van der Waals surface area contributed by atoms with Gasteiger partial charge in [-0.1, -0.05) is 81.4 Å². The monoisotopic (exact) mass is 628 g/mol. The molecule has 1 aliphatic carbocycles. The zero-order chi connectivity index (χ0) is 33.4. The summed E-state index contributed by atoms with van der Waals surface area (Å²) in [6, 6.07) is 17.7. The predicted molar refractivity (Wildman–Crippen MR) is 165 cm³/mol. The van der Waals surface area contributed by atoms with E-state index in [1.807, 2.05) is 30.3 Å². The molecule has 1 aliphatic rings. The second-order valence-corrected chi connectivity index (χ2v) is 11.4. The molecule has 0 saturated heterocycles. The van der Waals surface area contributed by atoms with E-state index in [9.17, 15) is 28.8 Å². The first kappa shape index (κ1) is 33.7. The maximum absolute atomic E-state index is 13.7. The number of amides is 1. The summed E-state index contributed by atoms with van der Waals surface area (Å²) in [5.74, 6) is -8.59. The number of methoxy groups -OCH3 is 1. The van der Waals surface area contributed by atoms with Crippen molar-refractivity contribution in [3.8, 4) is 11.5 Å². The first-order valence-corrected chi connectivity index (χ1v) is 14.9. The summed E-state index contributed by atoms with van der Waals surface area (Å²) in [7, 11) is 1.38. The van der Waals surface area contributed by atoms with Gasteiger partial charge in [0.1, 0.15) is 18.8 Å². The van der Waals surface area contributed by atoms with Gasteiger partial charge in [-0.15, -0.1) is 0 Å². The van der Waals surface area contributed by atoms with E-state index in [1.165, 1.54) is 26.3 Å². The highest BCUT2D eigenvalue weighted by Gasteiger charge is 2.46. The Hall–Kier alpha value is -5.19. The number of pyridine rings is 1. The van der Waals surface area contributed by atoms with Crippen LogP contribution < -0.4 is 14.8 Å². The van der Waals surface area contributed by atoms with Crippen LogP contribution in [0, 0.1) is 17.8 Å². The van der Waals surface area contributed by atoms with Gasteiger partial charge in [0.2, 0.25) is 23.1 Å². The van der Waals surface area contributed by atoms with Crippen molar-refractivity contribution in [1.29, 1.82) is 0 Å². The van der Waals surface area contributed by atoms with Crippen molar-refractivity contribution >= 4 is 35.0 Å². The number of ether oxygens (including phenoxy) is 3. The van der Waals surface area contributed by atoms with Crippen molar-refractivity contribution in [2.45, 2.75) is 52.4 Å². The van der Waals surface area contributed by atoms with Gasteiger partial charge in [0.25, 0.3) is 5.91 Å². The molecule has 11 heteroatoms. The van der Waals surface area contributed by atoms with Gasteiger partial charge in [0.05, 0.1) is 24.9 Å². The van der Waals surface area contributed by atoms with Crippen LogP contribution in [-0.2, 0) is 41.7 Å². The highest BCUT2D eigenvalue weighted by molar-refractivity contribution is 6.44. The van der Waals surface area contributed by atoms with Crippen LogP contribution in [0.4, 0.5) is 0 Å². The molecule has 0 aliphatic heterocycles. The number of aromatic nitrogens is 1. The van der Waals surface area contributed by atoms with E-state index < -0.39 is 71.3 Å². The van der Waals surface area contributed by atoms with Crippen molar-refractivity contribution in [1.82, 2.24) is 10.3 Å². The maximum atomic E-state index is 13.7. The van der Waals surface area contributed by atoms with Gasteiger partial charge in [-0.25, -0.2) is 4.98 Å². The molecule has 0 spiro atoms. The quantitative estimate of drug-likeness (QED) is 0.261. The summed E-state index contributed by atoms with van der Waals surface area (Å²) < 4.78 is 16.9. The molecule has 46 heavy (non-hydrogen) atoms. The minimum absolute atomic E-state index is 0.0138. The Balaban J connectivity index is 1.66. The van der Waals surface area contributed by atoms with Gasteiger partial charge in [-0.3, -0.25) is 28.8 Å². The van der Waals surface area contributed by atoms with Crippen molar-refractivity contribution < 1.29 is 43.0 Å². The molecule has 1 aromatic heterocycles. The number of nitrogens with one attached hydrogen (secondary N) is 1. The zero-order valence-corrected chi connectivity index (χ0v) is 26.1. The van der Waals surface area contributed by atoms with Gasteiger partial charge in [0.15, 0.2) is 17.2 Å². The average molecular weight is 629 g/mol. The van der Waals surface area contributed by atoms with E-state index in [2.05, 4.69) is 10.3 Å². The zero-order valence-electron chi connectivity index (χ0n) is 26.1. The number of ketones is 4.